The topological polar surface area (TPSA) is 303 Å². The number of carbonyl (C=O) groups excluding carboxylic acids is 1. The molecule has 0 aliphatic heterocycles. The summed E-state index contributed by atoms with van der Waals surface area (Å²) in [6.07, 6.45) is 5.96. The average Bonchev–Trinajstić information content (AvgIpc) is 0.786. The summed E-state index contributed by atoms with van der Waals surface area (Å²) in [6, 6.07) is 56.7. The maximum absolute atomic E-state index is 13.3. The van der Waals surface area contributed by atoms with E-state index in [9.17, 15) is 43.3 Å². The summed E-state index contributed by atoms with van der Waals surface area (Å²) in [5, 5.41) is 17.9. The van der Waals surface area contributed by atoms with Crippen molar-refractivity contribution < 1.29 is 65.7 Å². The standard InChI is InChI=1S/C26H38N2O3S.C26H40N2O2S.C26H39N2O2S.C17H30N2O2S.C9H10O2.CH3.ClH.Ru/c1-18(2)22-16-23(19(3)4)26(24(17-22)20(5)6)32(30,31)28-15-14-27-25(29)13-12-21-10-8-7-9-11-21;2*1-19(2)23-17-24(20(3)4)26(25(18-23)21(5)6)31(29,30)28-16-15-27-14-10-13-22-11-8-7-9-12-22;1-11(2)14-9-15(12(3)4)17(16(10-14)13(5)6)22(20,21)19-8-7-18;10-9(11)7-6-8-4-2-1-3-5-8;;;/h7-11,16-20,28H,12-15H2,1-6H3,(H,27,29);7-9,11-12,17-21,27-28H,10,13-16H2,1-6H3;7-9,11-12,17-21,27H,10,13-16H2,1-6H3;9-13,19H,7-8,18H2,1-6H3;1-5H,6-7H2,(H,10,11);1H3;1H;/q;;-1;;;-1;;+4/p-1. The molecule has 1 amide bonds. The number of nitrogens with one attached hydrogen (secondary N) is 6. The van der Waals surface area contributed by atoms with Gasteiger partial charge in [0, 0.05) is 52.1 Å². The molecule has 0 radical (unpaired) electrons. The van der Waals surface area contributed by atoms with Crippen molar-refractivity contribution in [1.29, 1.82) is 0 Å². The van der Waals surface area contributed by atoms with Gasteiger partial charge in [0.25, 0.3) is 0 Å². The number of hydrogen-bond donors (Lipinski definition) is 8. The molecule has 8 aromatic carbocycles. The molecular weight excluding hydrogens is 1810 g/mol. The second-order valence-electron chi connectivity index (χ2n) is 36.7. The molecule has 19 nitrogen and oxygen atoms in total. The van der Waals surface area contributed by atoms with E-state index < -0.39 is 46.1 Å². The van der Waals surface area contributed by atoms with Gasteiger partial charge in [0.15, 0.2) is 0 Å². The molecular formula is C105H160ClN8O11RuS4+. The van der Waals surface area contributed by atoms with Crippen molar-refractivity contribution in [3.05, 3.63) is 271 Å². The Morgan fingerprint density at radius 3 is 0.838 bits per heavy atom. The summed E-state index contributed by atoms with van der Waals surface area (Å²) in [5.41, 5.74) is 22.1. The fourth-order valence-corrected chi connectivity index (χ4v) is 21.3. The van der Waals surface area contributed by atoms with Crippen LogP contribution in [0.15, 0.2) is 189 Å². The maximum atomic E-state index is 13.3. The van der Waals surface area contributed by atoms with E-state index in [1.54, 1.807) is 0 Å². The van der Waals surface area contributed by atoms with Gasteiger partial charge in [-0.15, -0.1) is 6.54 Å². The third kappa shape index (κ3) is 41.1. The van der Waals surface area contributed by atoms with E-state index in [0.717, 1.165) is 100.0 Å². The Morgan fingerprint density at radius 1 is 0.331 bits per heavy atom. The van der Waals surface area contributed by atoms with Crippen LogP contribution in [-0.4, -0.2) is 116 Å². The van der Waals surface area contributed by atoms with Crippen LogP contribution in [0.1, 0.15) is 352 Å². The van der Waals surface area contributed by atoms with Crippen molar-refractivity contribution in [3.63, 3.8) is 0 Å². The van der Waals surface area contributed by atoms with Gasteiger partial charge in [-0.25, -0.2) is 47.8 Å². The van der Waals surface area contributed by atoms with Gasteiger partial charge in [0.05, 0.1) is 19.6 Å². The molecule has 0 atom stereocenters. The molecule has 0 spiro atoms. The van der Waals surface area contributed by atoms with Crippen molar-refractivity contribution in [2.75, 3.05) is 65.4 Å². The quantitative estimate of drug-likeness (QED) is 0.0100. The summed E-state index contributed by atoms with van der Waals surface area (Å²) in [6.45, 7) is 54.3. The number of sulfonamides is 4. The zero-order chi connectivity index (χ0) is 97.1. The van der Waals surface area contributed by atoms with Crippen LogP contribution in [0, 0.1) is 7.43 Å². The van der Waals surface area contributed by atoms with E-state index in [2.05, 4.69) is 228 Å². The summed E-state index contributed by atoms with van der Waals surface area (Å²) in [7, 11) is -9.97. The van der Waals surface area contributed by atoms with Gasteiger partial charge in [-0.3, -0.25) is 9.59 Å². The third-order valence-corrected chi connectivity index (χ3v) is 28.3. The molecule has 0 aliphatic rings. The predicted octanol–water partition coefficient (Wildman–Crippen LogP) is 23.1. The molecule has 724 valence electrons. The third-order valence-electron chi connectivity index (χ3n) is 22.0. The van der Waals surface area contributed by atoms with Crippen molar-refractivity contribution >= 4 is 61.7 Å². The van der Waals surface area contributed by atoms with Crippen LogP contribution in [0.3, 0.4) is 0 Å². The van der Waals surface area contributed by atoms with Crippen molar-refractivity contribution in [1.82, 2.24) is 30.1 Å². The monoisotopic (exact) mass is 1970 g/mol. The molecule has 9 N–H and O–H groups in total. The second kappa shape index (κ2) is 60.5. The first-order valence-electron chi connectivity index (χ1n) is 46.2. The number of hydrogen-bond acceptors (Lipinski definition) is 13. The second-order valence-corrected chi connectivity index (χ2v) is 43.4. The molecule has 0 fully saturated rings. The average molecular weight is 1980 g/mol. The van der Waals surface area contributed by atoms with Gasteiger partial charge in [-0.1, -0.05) is 336 Å². The molecule has 8 rings (SSSR count). The molecule has 0 unspecified atom stereocenters. The van der Waals surface area contributed by atoms with Gasteiger partial charge in [-0.05, 0) is 218 Å². The SMILES string of the molecule is CC(C)c1cc(C(C)C)c(S(=O)(=O)NCCN)c(C(C)C)c1.CC(C)c1cc(C(C)C)c(S(=O)(=O)NCCNC(=O)CCc2ccccc2)c(C(C)C)c1.CC(C)c1cc(C(C)C)c(S(=O)(=O)NCCNCCCc2ccccc2)c(C(C)C)c1.CC(C)c1cc(C(C)C)c(S(=O)(=O)[N-]CCNCCCc2ccccc2)c(C(C)C)c1.O=C(O)CCc1ccccc1.[CH3-].[Cl][Ru+3]. The fourth-order valence-electron chi connectivity index (χ4n) is 14.4. The summed E-state index contributed by atoms with van der Waals surface area (Å²) in [5.74, 6) is 1.52. The number of benzene rings is 8. The molecule has 25 heteroatoms. The van der Waals surface area contributed by atoms with Crippen molar-refractivity contribution in [2.45, 2.75) is 308 Å². The number of nitrogens with zero attached hydrogens (tertiary/aromatic N) is 1. The van der Waals surface area contributed by atoms with Crippen LogP contribution < -0.4 is 35.9 Å². The summed E-state index contributed by atoms with van der Waals surface area (Å²) in [4.78, 5) is 24.0. The number of aliphatic carboxylic acids is 1. The first kappa shape index (κ1) is 119. The van der Waals surface area contributed by atoms with Gasteiger partial charge in [0.1, 0.15) is 10.0 Å². The number of carbonyl (C=O) groups is 2. The molecule has 0 aliphatic carbocycles. The minimum atomic E-state index is -3.71. The van der Waals surface area contributed by atoms with Gasteiger partial charge in [0.2, 0.25) is 36.0 Å². The van der Waals surface area contributed by atoms with E-state index in [1.165, 1.54) is 27.8 Å². The Labute approximate surface area is 801 Å². The van der Waals surface area contributed by atoms with Crippen molar-refractivity contribution in [3.8, 4) is 0 Å². The van der Waals surface area contributed by atoms with Gasteiger partial charge < -0.3 is 38.9 Å². The van der Waals surface area contributed by atoms with Gasteiger partial charge in [-0.2, -0.15) is 0 Å². The fraction of sp³-hybridized carbons (Fsp3) is 0.514. The van der Waals surface area contributed by atoms with E-state index in [0.29, 0.717) is 82.2 Å². The first-order chi connectivity index (χ1) is 60.7. The molecule has 8 aromatic rings. The van der Waals surface area contributed by atoms with E-state index in [1.807, 2.05) is 170 Å². The number of halogens is 1. The van der Waals surface area contributed by atoms with Crippen LogP contribution in [0.25, 0.3) is 4.72 Å². The summed E-state index contributed by atoms with van der Waals surface area (Å²) >= 11 is 1.82. The minimum absolute atomic E-state index is 0. The number of rotatable bonds is 45. The Kier molecular flexibility index (Phi) is 55.5. The van der Waals surface area contributed by atoms with E-state index in [-0.39, 0.29) is 99.8 Å². The predicted molar refractivity (Wildman–Crippen MR) is 543 cm³/mol. The Balaban J connectivity index is 0.000000562. The Bertz CT molecular complexity index is 4840. The molecule has 0 bridgehead atoms. The normalized spacial score (nSPS) is 11.8. The van der Waals surface area contributed by atoms with Crippen molar-refractivity contribution in [2.24, 2.45) is 5.73 Å². The molecule has 0 heterocycles. The Morgan fingerprint density at radius 2 is 0.577 bits per heavy atom. The van der Waals surface area contributed by atoms with Crippen LogP contribution >= 0.6 is 9.69 Å². The number of carboxylic acids is 1. The molecule has 0 saturated heterocycles. The van der Waals surface area contributed by atoms with Crippen LogP contribution in [0.5, 0.6) is 0 Å². The summed E-state index contributed by atoms with van der Waals surface area (Å²) < 4.78 is 117. The van der Waals surface area contributed by atoms with Gasteiger partial charge >= 0.3 is 33.0 Å². The number of carboxylic acid groups (broad SMARTS) is 1. The molecule has 130 heavy (non-hydrogen) atoms. The number of nitrogens with two attached hydrogens (primary N) is 1. The van der Waals surface area contributed by atoms with Crippen LogP contribution in [0.4, 0.5) is 0 Å². The number of aryl methyl sites for hydroxylation is 4. The first-order valence-corrected chi connectivity index (χ1v) is 54.3. The van der Waals surface area contributed by atoms with Crippen LogP contribution in [0.2, 0.25) is 0 Å². The van der Waals surface area contributed by atoms with E-state index >= 15 is 0 Å². The number of amides is 1. The van der Waals surface area contributed by atoms with Crippen LogP contribution in [-0.2, 0) is 92.7 Å². The molecule has 0 saturated carbocycles. The Hall–Kier alpha value is -6.87. The zero-order valence-electron chi connectivity index (χ0n) is 82.7. The zero-order valence-corrected chi connectivity index (χ0v) is 88.5. The molecule has 0 aromatic heterocycles. The van der Waals surface area contributed by atoms with E-state index in [4.69, 9.17) is 10.8 Å².